The van der Waals surface area contributed by atoms with Gasteiger partial charge in [0, 0.05) is 7.11 Å². The van der Waals surface area contributed by atoms with Crippen LogP contribution in [0.4, 0.5) is 0 Å². The summed E-state index contributed by atoms with van der Waals surface area (Å²) in [6, 6.07) is 20.3. The molecular weight excluding hydrogens is 432 g/mol. The summed E-state index contributed by atoms with van der Waals surface area (Å²) in [7, 11) is 1.58. The molecule has 2 fully saturated rings. The Bertz CT molecular complexity index is 930. The SMILES string of the molecule is CO[C@@H]1[C@H](OCc2ccccc2)CO[C@]2(COC(C)(C)O2)[C@@]1(O)C=CCCCc1ccccc1. The van der Waals surface area contributed by atoms with E-state index in [4.69, 9.17) is 23.7 Å². The number of benzene rings is 2. The van der Waals surface area contributed by atoms with Gasteiger partial charge in [-0.05, 0) is 50.3 Å². The van der Waals surface area contributed by atoms with Crippen molar-refractivity contribution in [1.29, 1.82) is 0 Å². The number of rotatable bonds is 9. The molecule has 34 heavy (non-hydrogen) atoms. The molecule has 4 rings (SSSR count). The number of methoxy groups -OCH3 is 1. The lowest BCUT2D eigenvalue weighted by atomic mass is 9.81. The first-order chi connectivity index (χ1) is 16.4. The van der Waals surface area contributed by atoms with E-state index in [1.807, 2.05) is 56.3 Å². The van der Waals surface area contributed by atoms with Gasteiger partial charge in [-0.2, -0.15) is 0 Å². The van der Waals surface area contributed by atoms with Gasteiger partial charge in [-0.25, -0.2) is 0 Å². The van der Waals surface area contributed by atoms with E-state index in [2.05, 4.69) is 24.3 Å². The van der Waals surface area contributed by atoms with E-state index < -0.39 is 29.4 Å². The van der Waals surface area contributed by atoms with Gasteiger partial charge < -0.3 is 28.8 Å². The normalized spacial score (nSPS) is 30.8. The minimum absolute atomic E-state index is 0.0934. The summed E-state index contributed by atoms with van der Waals surface area (Å²) in [5.74, 6) is -2.26. The third-order valence-corrected chi connectivity index (χ3v) is 6.49. The van der Waals surface area contributed by atoms with Crippen molar-refractivity contribution in [3.8, 4) is 0 Å². The summed E-state index contributed by atoms with van der Waals surface area (Å²) in [5, 5.41) is 12.1. The Labute approximate surface area is 202 Å². The topological polar surface area (TPSA) is 66.4 Å². The fraction of sp³-hybridized carbons (Fsp3) is 0.500. The first kappa shape index (κ1) is 25.0. The fourth-order valence-corrected chi connectivity index (χ4v) is 4.71. The van der Waals surface area contributed by atoms with Gasteiger partial charge in [0.2, 0.25) is 5.79 Å². The summed E-state index contributed by atoms with van der Waals surface area (Å²) in [4.78, 5) is 0. The van der Waals surface area contributed by atoms with Crippen molar-refractivity contribution in [3.05, 3.63) is 83.9 Å². The summed E-state index contributed by atoms with van der Waals surface area (Å²) < 4.78 is 30.2. The van der Waals surface area contributed by atoms with Crippen LogP contribution in [-0.2, 0) is 36.7 Å². The van der Waals surface area contributed by atoms with E-state index in [1.165, 1.54) is 5.56 Å². The van der Waals surface area contributed by atoms with Crippen molar-refractivity contribution in [2.45, 2.75) is 69.1 Å². The first-order valence-corrected chi connectivity index (χ1v) is 12.0. The van der Waals surface area contributed by atoms with E-state index in [1.54, 1.807) is 13.2 Å². The zero-order valence-corrected chi connectivity index (χ0v) is 20.3. The van der Waals surface area contributed by atoms with Crippen molar-refractivity contribution in [1.82, 2.24) is 0 Å². The quantitative estimate of drug-likeness (QED) is 0.435. The monoisotopic (exact) mass is 468 g/mol. The van der Waals surface area contributed by atoms with Crippen LogP contribution in [0, 0.1) is 0 Å². The molecule has 1 N–H and O–H groups in total. The van der Waals surface area contributed by atoms with Crippen LogP contribution in [0.1, 0.15) is 37.8 Å². The maximum atomic E-state index is 12.1. The Morgan fingerprint density at radius 2 is 1.68 bits per heavy atom. The fourth-order valence-electron chi connectivity index (χ4n) is 4.71. The summed E-state index contributed by atoms with van der Waals surface area (Å²) in [6.45, 7) is 4.33. The molecule has 4 atom stereocenters. The molecule has 0 amide bonds. The number of hydrogen-bond donors (Lipinski definition) is 1. The predicted octanol–water partition coefficient (Wildman–Crippen LogP) is 4.41. The van der Waals surface area contributed by atoms with E-state index in [9.17, 15) is 5.11 Å². The molecule has 0 radical (unpaired) electrons. The van der Waals surface area contributed by atoms with Gasteiger partial charge in [0.15, 0.2) is 11.4 Å². The second-order valence-corrected chi connectivity index (χ2v) is 9.45. The van der Waals surface area contributed by atoms with Crippen LogP contribution in [0.5, 0.6) is 0 Å². The Morgan fingerprint density at radius 3 is 2.29 bits per heavy atom. The van der Waals surface area contributed by atoms with Crippen molar-refractivity contribution in [2.24, 2.45) is 0 Å². The standard InChI is InChI=1S/C28H36O6/c1-26(2)33-21-28(34-26)27(29,18-12-6-11-15-22-13-7-4-8-14-22)25(30-3)24(20-32-28)31-19-23-16-9-5-10-17-23/h4-5,7-10,12-14,16-18,24-25,29H,6,11,15,19-21H2,1-3H3/t24-,25-,27-,28+/m1/s1. The zero-order valence-electron chi connectivity index (χ0n) is 20.3. The van der Waals surface area contributed by atoms with Crippen LogP contribution < -0.4 is 0 Å². The first-order valence-electron chi connectivity index (χ1n) is 12.0. The Hall–Kier alpha value is -2.06. The van der Waals surface area contributed by atoms with Gasteiger partial charge in [0.05, 0.1) is 13.2 Å². The van der Waals surface area contributed by atoms with Crippen LogP contribution in [0.2, 0.25) is 0 Å². The number of aryl methyl sites for hydroxylation is 1. The van der Waals surface area contributed by atoms with Crippen LogP contribution >= 0.6 is 0 Å². The van der Waals surface area contributed by atoms with Crippen molar-refractivity contribution in [3.63, 3.8) is 0 Å². The Kier molecular flexibility index (Phi) is 7.87. The average Bonchev–Trinajstić information content (AvgIpc) is 3.17. The maximum absolute atomic E-state index is 12.1. The Morgan fingerprint density at radius 1 is 1.00 bits per heavy atom. The number of aliphatic hydroxyl groups is 1. The van der Waals surface area contributed by atoms with E-state index in [0.717, 1.165) is 24.8 Å². The highest BCUT2D eigenvalue weighted by molar-refractivity contribution is 5.20. The molecule has 0 aromatic heterocycles. The van der Waals surface area contributed by atoms with Gasteiger partial charge in [-0.3, -0.25) is 0 Å². The lowest BCUT2D eigenvalue weighted by molar-refractivity contribution is -0.369. The molecule has 0 saturated carbocycles. The number of ether oxygens (including phenoxy) is 5. The Balaban J connectivity index is 1.50. The lowest BCUT2D eigenvalue weighted by Crippen LogP contribution is -2.71. The van der Waals surface area contributed by atoms with Gasteiger partial charge in [-0.1, -0.05) is 66.7 Å². The zero-order chi connectivity index (χ0) is 24.1. The highest BCUT2D eigenvalue weighted by Gasteiger charge is 2.66. The molecule has 2 saturated heterocycles. The molecule has 2 aromatic rings. The molecule has 0 unspecified atom stereocenters. The highest BCUT2D eigenvalue weighted by Crippen LogP contribution is 2.46. The van der Waals surface area contributed by atoms with E-state index >= 15 is 0 Å². The van der Waals surface area contributed by atoms with Crippen LogP contribution in [0.15, 0.2) is 72.8 Å². The minimum atomic E-state index is -1.60. The van der Waals surface area contributed by atoms with Crippen molar-refractivity contribution in [2.75, 3.05) is 20.3 Å². The van der Waals surface area contributed by atoms with E-state index in [0.29, 0.717) is 6.61 Å². The highest BCUT2D eigenvalue weighted by atomic mass is 16.8. The third-order valence-electron chi connectivity index (χ3n) is 6.49. The van der Waals surface area contributed by atoms with Crippen molar-refractivity contribution >= 4 is 0 Å². The third kappa shape index (κ3) is 5.43. The van der Waals surface area contributed by atoms with Crippen LogP contribution in [0.3, 0.4) is 0 Å². The molecule has 2 aliphatic heterocycles. The maximum Gasteiger partial charge on any atom is 0.230 e. The van der Waals surface area contributed by atoms with E-state index in [-0.39, 0.29) is 13.2 Å². The van der Waals surface area contributed by atoms with Gasteiger partial charge >= 0.3 is 0 Å². The molecule has 1 spiro atoms. The molecule has 2 aliphatic rings. The van der Waals surface area contributed by atoms with Gasteiger partial charge in [0.25, 0.3) is 0 Å². The summed E-state index contributed by atoms with van der Waals surface area (Å²) in [6.07, 6.45) is 5.27. The molecule has 184 valence electrons. The second kappa shape index (κ2) is 10.7. The predicted molar refractivity (Wildman–Crippen MR) is 129 cm³/mol. The summed E-state index contributed by atoms with van der Waals surface area (Å²) in [5.41, 5.74) is 0.742. The molecule has 2 heterocycles. The molecule has 0 bridgehead atoms. The van der Waals surface area contributed by atoms with Gasteiger partial charge in [0.1, 0.15) is 18.8 Å². The molecule has 6 nitrogen and oxygen atoms in total. The smallest absolute Gasteiger partial charge is 0.230 e. The lowest BCUT2D eigenvalue weighted by Gasteiger charge is -2.51. The molecule has 0 aliphatic carbocycles. The number of unbranched alkanes of at least 4 members (excludes halogenated alkanes) is 1. The van der Waals surface area contributed by atoms with Crippen molar-refractivity contribution < 1.29 is 28.8 Å². The minimum Gasteiger partial charge on any atom is -0.377 e. The molecular formula is C28H36O6. The molecule has 2 aromatic carbocycles. The van der Waals surface area contributed by atoms with Gasteiger partial charge in [-0.15, -0.1) is 0 Å². The second-order valence-electron chi connectivity index (χ2n) is 9.45. The number of hydrogen-bond acceptors (Lipinski definition) is 6. The molecule has 6 heteroatoms. The summed E-state index contributed by atoms with van der Waals surface area (Å²) >= 11 is 0. The van der Waals surface area contributed by atoms with Crippen LogP contribution in [-0.4, -0.2) is 54.8 Å². The number of allylic oxidation sites excluding steroid dienone is 1. The largest absolute Gasteiger partial charge is 0.377 e. The van der Waals surface area contributed by atoms with Crippen LogP contribution in [0.25, 0.3) is 0 Å². The average molecular weight is 469 g/mol.